The Labute approximate surface area is 176 Å². The van der Waals surface area contributed by atoms with Crippen molar-refractivity contribution in [3.8, 4) is 0 Å². The molecule has 0 aliphatic carbocycles. The van der Waals surface area contributed by atoms with E-state index in [0.717, 1.165) is 11.8 Å². The van der Waals surface area contributed by atoms with Gasteiger partial charge in [0.25, 0.3) is 11.1 Å². The minimum Gasteiger partial charge on any atom is -0.339 e. The summed E-state index contributed by atoms with van der Waals surface area (Å²) in [5, 5.41) is 2.59. The maximum atomic E-state index is 12.7. The fourth-order valence-electron chi connectivity index (χ4n) is 2.28. The number of carbonyl (C=O) groups excluding carboxylic acids is 2. The molecule has 156 valence electrons. The number of anilines is 1. The van der Waals surface area contributed by atoms with E-state index in [-0.39, 0.29) is 21.7 Å². The Kier molecular flexibility index (Phi) is 7.45. The lowest BCUT2D eigenvalue weighted by atomic mass is 10.2. The van der Waals surface area contributed by atoms with E-state index in [1.54, 1.807) is 58.3 Å². The molecular formula is C20H25N3O4S2. The Balaban J connectivity index is 2.29. The predicted molar refractivity (Wildman–Crippen MR) is 116 cm³/mol. The predicted octanol–water partition coefficient (Wildman–Crippen LogP) is 3.74. The van der Waals surface area contributed by atoms with Crippen molar-refractivity contribution < 1.29 is 18.0 Å². The van der Waals surface area contributed by atoms with Gasteiger partial charge in [0, 0.05) is 37.6 Å². The van der Waals surface area contributed by atoms with Gasteiger partial charge in [-0.05, 0) is 55.9 Å². The molecule has 29 heavy (non-hydrogen) atoms. The van der Waals surface area contributed by atoms with Crippen LogP contribution in [0.15, 0.2) is 58.3 Å². The van der Waals surface area contributed by atoms with Crippen molar-refractivity contribution >= 4 is 38.6 Å². The molecule has 2 rings (SSSR count). The van der Waals surface area contributed by atoms with E-state index in [9.17, 15) is 18.0 Å². The van der Waals surface area contributed by atoms with Crippen molar-refractivity contribution in [2.45, 2.75) is 29.7 Å². The van der Waals surface area contributed by atoms with Gasteiger partial charge in [-0.3, -0.25) is 9.59 Å². The number of sulfonamides is 1. The van der Waals surface area contributed by atoms with E-state index in [4.69, 9.17) is 0 Å². The lowest BCUT2D eigenvalue weighted by molar-refractivity contribution is 0.102. The highest BCUT2D eigenvalue weighted by Crippen LogP contribution is 2.29. The van der Waals surface area contributed by atoms with Gasteiger partial charge < -0.3 is 10.2 Å². The third kappa shape index (κ3) is 5.59. The second kappa shape index (κ2) is 9.43. The first kappa shape index (κ1) is 22.9. The van der Waals surface area contributed by atoms with Crippen molar-refractivity contribution in [1.29, 1.82) is 0 Å². The van der Waals surface area contributed by atoms with Crippen LogP contribution in [0, 0.1) is 0 Å². The molecule has 0 atom stereocenters. The molecule has 0 aromatic heterocycles. The number of hydrogen-bond acceptors (Lipinski definition) is 5. The number of benzene rings is 2. The Morgan fingerprint density at radius 2 is 1.66 bits per heavy atom. The van der Waals surface area contributed by atoms with Crippen LogP contribution in [0.1, 0.15) is 24.2 Å². The first-order valence-corrected chi connectivity index (χ1v) is 11.2. The van der Waals surface area contributed by atoms with Gasteiger partial charge in [0.15, 0.2) is 0 Å². The second-order valence-corrected chi connectivity index (χ2v) is 9.85. The lowest BCUT2D eigenvalue weighted by Crippen LogP contribution is -2.33. The molecule has 0 spiro atoms. The Hall–Kier alpha value is -2.36. The van der Waals surface area contributed by atoms with Gasteiger partial charge in [-0.15, -0.1) is 0 Å². The molecule has 0 aliphatic rings. The number of thioether (sulfide) groups is 1. The van der Waals surface area contributed by atoms with Gasteiger partial charge in [-0.25, -0.2) is 8.42 Å². The molecule has 0 unspecified atom stereocenters. The summed E-state index contributed by atoms with van der Waals surface area (Å²) in [4.78, 5) is 26.8. The van der Waals surface area contributed by atoms with Gasteiger partial charge >= 0.3 is 0 Å². The van der Waals surface area contributed by atoms with Gasteiger partial charge in [0.2, 0.25) is 10.0 Å². The van der Waals surface area contributed by atoms with Crippen LogP contribution in [0.25, 0.3) is 0 Å². The summed E-state index contributed by atoms with van der Waals surface area (Å²) in [6.45, 7) is 3.55. The average Bonchev–Trinajstić information content (AvgIpc) is 2.68. The minimum absolute atomic E-state index is 0.0480. The van der Waals surface area contributed by atoms with Crippen molar-refractivity contribution in [2.75, 3.05) is 26.5 Å². The van der Waals surface area contributed by atoms with E-state index in [1.165, 1.54) is 34.5 Å². The number of amides is 2. The first-order valence-electron chi connectivity index (χ1n) is 8.91. The number of nitrogens with one attached hydrogen (secondary N) is 1. The lowest BCUT2D eigenvalue weighted by Gasteiger charge is -2.21. The van der Waals surface area contributed by atoms with Crippen molar-refractivity contribution in [2.24, 2.45) is 0 Å². The molecule has 0 saturated carbocycles. The molecule has 2 aromatic rings. The molecule has 0 fully saturated rings. The first-order chi connectivity index (χ1) is 13.5. The molecule has 0 aliphatic heterocycles. The number of nitrogens with zero attached hydrogens (tertiary/aromatic N) is 2. The number of carbonyl (C=O) groups is 2. The summed E-state index contributed by atoms with van der Waals surface area (Å²) in [6, 6.07) is 12.6. The zero-order chi connectivity index (χ0) is 21.8. The molecular weight excluding hydrogens is 410 g/mol. The van der Waals surface area contributed by atoms with E-state index < -0.39 is 15.9 Å². The Morgan fingerprint density at radius 1 is 1.00 bits per heavy atom. The molecule has 1 N–H and O–H groups in total. The summed E-state index contributed by atoms with van der Waals surface area (Å²) >= 11 is 1.000. The van der Waals surface area contributed by atoms with E-state index >= 15 is 0 Å². The zero-order valence-corrected chi connectivity index (χ0v) is 18.7. The molecule has 2 amide bonds. The maximum Gasteiger partial charge on any atom is 0.286 e. The molecule has 0 bridgehead atoms. The minimum atomic E-state index is -3.70. The van der Waals surface area contributed by atoms with Gasteiger partial charge in [0.1, 0.15) is 0 Å². The molecule has 7 nitrogen and oxygen atoms in total. The fourth-order valence-corrected chi connectivity index (χ4v) is 4.44. The van der Waals surface area contributed by atoms with Crippen LogP contribution in [-0.2, 0) is 10.0 Å². The van der Waals surface area contributed by atoms with Crippen molar-refractivity contribution in [3.63, 3.8) is 0 Å². The Bertz CT molecular complexity index is 1000. The summed E-state index contributed by atoms with van der Waals surface area (Å²) in [5.74, 6) is -0.459. The number of hydrogen-bond donors (Lipinski definition) is 1. The summed E-state index contributed by atoms with van der Waals surface area (Å²) in [6.07, 6.45) is 0. The number of para-hydroxylation sites is 1. The highest BCUT2D eigenvalue weighted by molar-refractivity contribution is 8.13. The SMILES string of the molecule is CC(C)N(C)S(=O)(=O)c1cccc(C(=O)Nc2ccccc2SC(=O)N(C)C)c1. The maximum absolute atomic E-state index is 12.7. The quantitative estimate of drug-likeness (QED) is 0.699. The van der Waals surface area contributed by atoms with E-state index in [0.29, 0.717) is 10.6 Å². The molecule has 0 heterocycles. The van der Waals surface area contributed by atoms with Gasteiger partial charge in [-0.2, -0.15) is 4.31 Å². The molecule has 2 aromatic carbocycles. The topological polar surface area (TPSA) is 86.8 Å². The molecule has 0 radical (unpaired) electrons. The fraction of sp³-hybridized carbons (Fsp3) is 0.300. The summed E-state index contributed by atoms with van der Waals surface area (Å²) < 4.78 is 26.6. The monoisotopic (exact) mass is 435 g/mol. The Morgan fingerprint density at radius 3 is 2.28 bits per heavy atom. The van der Waals surface area contributed by atoms with E-state index in [2.05, 4.69) is 5.32 Å². The second-order valence-electron chi connectivity index (χ2n) is 6.86. The van der Waals surface area contributed by atoms with Crippen LogP contribution in [0.2, 0.25) is 0 Å². The van der Waals surface area contributed by atoms with Crippen LogP contribution in [0.4, 0.5) is 10.5 Å². The zero-order valence-electron chi connectivity index (χ0n) is 17.0. The number of rotatable bonds is 6. The standard InChI is InChI=1S/C20H25N3O4S2/c1-14(2)23(5)29(26,27)16-10-8-9-15(13-16)19(24)21-17-11-6-7-12-18(17)28-20(25)22(3)4/h6-14H,1-5H3,(H,21,24). The van der Waals surface area contributed by atoms with Crippen LogP contribution in [0.3, 0.4) is 0 Å². The van der Waals surface area contributed by atoms with Crippen LogP contribution >= 0.6 is 11.8 Å². The normalized spacial score (nSPS) is 11.6. The van der Waals surface area contributed by atoms with Crippen LogP contribution in [-0.4, -0.2) is 56.0 Å². The van der Waals surface area contributed by atoms with Gasteiger partial charge in [-0.1, -0.05) is 18.2 Å². The van der Waals surface area contributed by atoms with Gasteiger partial charge in [0.05, 0.1) is 10.6 Å². The summed E-state index contributed by atoms with van der Waals surface area (Å²) in [7, 11) is 1.10. The highest BCUT2D eigenvalue weighted by atomic mass is 32.2. The molecule has 9 heteroatoms. The van der Waals surface area contributed by atoms with Crippen molar-refractivity contribution in [3.05, 3.63) is 54.1 Å². The molecule has 0 saturated heterocycles. The third-order valence-corrected chi connectivity index (χ3v) is 7.34. The summed E-state index contributed by atoms with van der Waals surface area (Å²) in [5.41, 5.74) is 0.687. The average molecular weight is 436 g/mol. The van der Waals surface area contributed by atoms with E-state index in [1.807, 2.05) is 0 Å². The van der Waals surface area contributed by atoms with Crippen LogP contribution < -0.4 is 5.32 Å². The smallest absolute Gasteiger partial charge is 0.286 e. The van der Waals surface area contributed by atoms with Crippen molar-refractivity contribution in [1.82, 2.24) is 9.21 Å². The van der Waals surface area contributed by atoms with Crippen LogP contribution in [0.5, 0.6) is 0 Å². The highest BCUT2D eigenvalue weighted by Gasteiger charge is 2.24. The third-order valence-electron chi connectivity index (χ3n) is 4.20. The largest absolute Gasteiger partial charge is 0.339 e.